The summed E-state index contributed by atoms with van der Waals surface area (Å²) in [5, 5.41) is 17.7. The molecule has 0 aliphatic carbocycles. The van der Waals surface area contributed by atoms with Crippen LogP contribution in [0.25, 0.3) is 11.3 Å². The molecular formula is C21H23ClN4O3S. The zero-order valence-electron chi connectivity index (χ0n) is 16.5. The fourth-order valence-electron chi connectivity index (χ4n) is 2.75. The van der Waals surface area contributed by atoms with Gasteiger partial charge in [-0.1, -0.05) is 26.0 Å². The summed E-state index contributed by atoms with van der Waals surface area (Å²) in [6, 6.07) is 9.80. The Morgan fingerprint density at radius 3 is 2.50 bits per heavy atom. The molecule has 7 nitrogen and oxygen atoms in total. The highest BCUT2D eigenvalue weighted by Crippen LogP contribution is 2.27. The lowest BCUT2D eigenvalue weighted by molar-refractivity contribution is -0.139. The zero-order chi connectivity index (χ0) is 20.8. The monoisotopic (exact) mass is 446 g/mol. The number of carbonyl (C=O) groups is 2. The van der Waals surface area contributed by atoms with Gasteiger partial charge in [-0.05, 0) is 36.6 Å². The van der Waals surface area contributed by atoms with Gasteiger partial charge in [0.05, 0.1) is 17.6 Å². The highest BCUT2D eigenvalue weighted by Gasteiger charge is 2.21. The van der Waals surface area contributed by atoms with Crippen molar-refractivity contribution in [3.63, 3.8) is 0 Å². The van der Waals surface area contributed by atoms with Crippen molar-refractivity contribution >= 4 is 46.4 Å². The Kier molecular flexibility index (Phi) is 8.32. The highest BCUT2D eigenvalue weighted by atomic mass is 35.5. The summed E-state index contributed by atoms with van der Waals surface area (Å²) in [5.41, 5.74) is 2.92. The second-order valence-electron chi connectivity index (χ2n) is 6.98. The van der Waals surface area contributed by atoms with Crippen LogP contribution in [0.3, 0.4) is 0 Å². The first-order chi connectivity index (χ1) is 13.9. The van der Waals surface area contributed by atoms with Crippen LogP contribution in [0.15, 0.2) is 54.2 Å². The second kappa shape index (κ2) is 10.7. The van der Waals surface area contributed by atoms with E-state index in [2.05, 4.69) is 20.6 Å². The number of anilines is 2. The lowest BCUT2D eigenvalue weighted by Crippen LogP contribution is -2.41. The van der Waals surface area contributed by atoms with E-state index in [1.54, 1.807) is 36.7 Å². The third kappa shape index (κ3) is 6.27. The van der Waals surface area contributed by atoms with Crippen LogP contribution in [0.1, 0.15) is 30.6 Å². The van der Waals surface area contributed by atoms with Gasteiger partial charge < -0.3 is 15.7 Å². The van der Waals surface area contributed by atoms with Crippen LogP contribution in [0.2, 0.25) is 0 Å². The number of rotatable bonds is 8. The minimum Gasteiger partial charge on any atom is -0.480 e. The maximum atomic E-state index is 12.4. The van der Waals surface area contributed by atoms with Gasteiger partial charge in [0.25, 0.3) is 5.91 Å². The molecule has 30 heavy (non-hydrogen) atoms. The molecule has 0 fully saturated rings. The van der Waals surface area contributed by atoms with Crippen LogP contribution in [0.5, 0.6) is 0 Å². The molecule has 0 aliphatic rings. The molecule has 1 aromatic carbocycles. The number of benzene rings is 1. The van der Waals surface area contributed by atoms with Gasteiger partial charge in [0, 0.05) is 22.7 Å². The largest absolute Gasteiger partial charge is 0.480 e. The first kappa shape index (κ1) is 23.3. The van der Waals surface area contributed by atoms with Gasteiger partial charge in [-0.25, -0.2) is 9.78 Å². The van der Waals surface area contributed by atoms with Crippen LogP contribution >= 0.6 is 23.7 Å². The maximum absolute atomic E-state index is 12.4. The molecular weight excluding hydrogens is 424 g/mol. The summed E-state index contributed by atoms with van der Waals surface area (Å²) in [5.74, 6) is -1.26. The van der Waals surface area contributed by atoms with Crippen LogP contribution in [-0.2, 0) is 4.79 Å². The van der Waals surface area contributed by atoms with E-state index in [0.29, 0.717) is 12.0 Å². The molecule has 1 atom stereocenters. The molecule has 3 N–H and O–H groups in total. The average Bonchev–Trinajstić information content (AvgIpc) is 3.16. The van der Waals surface area contributed by atoms with Crippen LogP contribution in [0, 0.1) is 5.92 Å². The Morgan fingerprint density at radius 2 is 1.90 bits per heavy atom. The summed E-state index contributed by atoms with van der Waals surface area (Å²) < 4.78 is 0. The maximum Gasteiger partial charge on any atom is 0.326 e. The first-order valence-electron chi connectivity index (χ1n) is 9.19. The highest BCUT2D eigenvalue weighted by molar-refractivity contribution is 7.14. The summed E-state index contributed by atoms with van der Waals surface area (Å²) in [7, 11) is 0. The molecule has 0 aliphatic heterocycles. The van der Waals surface area contributed by atoms with Gasteiger partial charge in [-0.2, -0.15) is 0 Å². The SMILES string of the molecule is CC(C)C[C@H](NC(=O)c1ccc(-c2csc(Nc3cccnc3)n2)cc1)C(=O)O.Cl. The van der Waals surface area contributed by atoms with Gasteiger partial charge in [-0.15, -0.1) is 23.7 Å². The van der Waals surface area contributed by atoms with Crippen molar-refractivity contribution < 1.29 is 14.7 Å². The number of halogens is 1. The van der Waals surface area contributed by atoms with Crippen molar-refractivity contribution in [3.8, 4) is 11.3 Å². The first-order valence-corrected chi connectivity index (χ1v) is 10.1. The molecule has 0 bridgehead atoms. The lowest BCUT2D eigenvalue weighted by Gasteiger charge is -2.16. The minimum absolute atomic E-state index is 0. The smallest absolute Gasteiger partial charge is 0.326 e. The molecule has 9 heteroatoms. The average molecular weight is 447 g/mol. The molecule has 0 saturated heterocycles. The number of hydrogen-bond donors (Lipinski definition) is 3. The van der Waals surface area contributed by atoms with E-state index in [9.17, 15) is 14.7 Å². The predicted octanol–water partition coefficient (Wildman–Crippen LogP) is 4.60. The third-order valence-corrected chi connectivity index (χ3v) is 4.93. The van der Waals surface area contributed by atoms with E-state index in [-0.39, 0.29) is 18.3 Å². The van der Waals surface area contributed by atoms with Crippen LogP contribution in [0.4, 0.5) is 10.8 Å². The van der Waals surface area contributed by atoms with E-state index in [1.807, 2.05) is 31.4 Å². The fraction of sp³-hybridized carbons (Fsp3) is 0.238. The van der Waals surface area contributed by atoms with E-state index >= 15 is 0 Å². The number of hydrogen-bond acceptors (Lipinski definition) is 6. The molecule has 2 heterocycles. The summed E-state index contributed by atoms with van der Waals surface area (Å²) in [4.78, 5) is 32.3. The van der Waals surface area contributed by atoms with E-state index in [4.69, 9.17) is 0 Å². The van der Waals surface area contributed by atoms with E-state index in [1.165, 1.54) is 11.3 Å². The molecule has 3 rings (SSSR count). The number of aromatic nitrogens is 2. The molecule has 158 valence electrons. The standard InChI is InChI=1S/C21H22N4O3S.ClH/c1-13(2)10-17(20(27)28)24-19(26)15-7-5-14(6-8-15)18-12-29-21(25-18)23-16-4-3-9-22-11-16;/h3-9,11-13,17H,10H2,1-2H3,(H,23,25)(H,24,26)(H,27,28);1H/t17-;/m0./s1. The van der Waals surface area contributed by atoms with Crippen molar-refractivity contribution in [1.29, 1.82) is 0 Å². The third-order valence-electron chi connectivity index (χ3n) is 4.17. The van der Waals surface area contributed by atoms with Gasteiger partial charge >= 0.3 is 5.97 Å². The topological polar surface area (TPSA) is 104 Å². The lowest BCUT2D eigenvalue weighted by atomic mass is 10.0. The normalized spacial score (nSPS) is 11.4. The molecule has 1 amide bonds. The summed E-state index contributed by atoms with van der Waals surface area (Å²) >= 11 is 1.47. The molecule has 3 aromatic rings. The zero-order valence-corrected chi connectivity index (χ0v) is 18.2. The van der Waals surface area contributed by atoms with Crippen molar-refractivity contribution in [3.05, 3.63) is 59.7 Å². The number of nitrogens with zero attached hydrogens (tertiary/aromatic N) is 2. The minimum atomic E-state index is -1.03. The molecule has 0 radical (unpaired) electrons. The number of carbonyl (C=O) groups excluding carboxylic acids is 1. The van der Waals surface area contributed by atoms with E-state index < -0.39 is 17.9 Å². The number of pyridine rings is 1. The number of carboxylic acids is 1. The Morgan fingerprint density at radius 1 is 1.17 bits per heavy atom. The van der Waals surface area contributed by atoms with Gasteiger partial charge in [0.15, 0.2) is 5.13 Å². The van der Waals surface area contributed by atoms with Gasteiger partial charge in [0.2, 0.25) is 0 Å². The molecule has 2 aromatic heterocycles. The van der Waals surface area contributed by atoms with Crippen molar-refractivity contribution in [2.45, 2.75) is 26.3 Å². The van der Waals surface area contributed by atoms with Gasteiger partial charge in [0.1, 0.15) is 6.04 Å². The molecule has 0 unspecified atom stereocenters. The molecule has 0 saturated carbocycles. The van der Waals surface area contributed by atoms with Crippen molar-refractivity contribution in [1.82, 2.24) is 15.3 Å². The fourth-order valence-corrected chi connectivity index (χ4v) is 3.49. The van der Waals surface area contributed by atoms with Gasteiger partial charge in [-0.3, -0.25) is 9.78 Å². The Bertz CT molecular complexity index is 977. The second-order valence-corrected chi connectivity index (χ2v) is 7.83. The Labute approximate surface area is 185 Å². The summed E-state index contributed by atoms with van der Waals surface area (Å²) in [6.07, 6.45) is 3.81. The van der Waals surface area contributed by atoms with Crippen LogP contribution < -0.4 is 10.6 Å². The van der Waals surface area contributed by atoms with Crippen LogP contribution in [-0.4, -0.2) is 33.0 Å². The number of thiazole rings is 1. The Hall–Kier alpha value is -2.97. The Balaban J connectivity index is 0.00000320. The van der Waals surface area contributed by atoms with Crippen molar-refractivity contribution in [2.24, 2.45) is 5.92 Å². The number of nitrogens with one attached hydrogen (secondary N) is 2. The predicted molar refractivity (Wildman–Crippen MR) is 121 cm³/mol. The quantitative estimate of drug-likeness (QED) is 0.467. The number of amides is 1. The molecule has 0 spiro atoms. The van der Waals surface area contributed by atoms with E-state index in [0.717, 1.165) is 22.1 Å². The van der Waals surface area contributed by atoms with Crippen molar-refractivity contribution in [2.75, 3.05) is 5.32 Å². The number of carboxylic acid groups (broad SMARTS) is 1. The summed E-state index contributed by atoms with van der Waals surface area (Å²) in [6.45, 7) is 3.84. The number of aliphatic carboxylic acids is 1.